The lowest BCUT2D eigenvalue weighted by molar-refractivity contribution is -0.123. The lowest BCUT2D eigenvalue weighted by atomic mass is 10.1. The fourth-order valence-electron chi connectivity index (χ4n) is 2.65. The van der Waals surface area contributed by atoms with Crippen LogP contribution >= 0.6 is 0 Å². The molecule has 1 amide bonds. The molecule has 1 aliphatic heterocycles. The summed E-state index contributed by atoms with van der Waals surface area (Å²) in [6, 6.07) is 6.86. The number of carbonyl (C=O) groups is 1. The standard InChI is InChI=1S/C15H18N4O3/c1-10(13-7-4-8-22-13)16-14(20)9-19-15(21)11-5-2-3-6-12(11)17-18-19/h2-3,5-6,10,13H,4,7-9H2,1H3,(H,16,20)/t10-,13+/m0/s1. The molecule has 7 nitrogen and oxygen atoms in total. The largest absolute Gasteiger partial charge is 0.376 e. The number of nitrogens with one attached hydrogen (secondary N) is 1. The normalized spacial score (nSPS) is 19.2. The molecule has 0 unspecified atom stereocenters. The number of fused-ring (bicyclic) bond motifs is 1. The van der Waals surface area contributed by atoms with Gasteiger partial charge in [-0.3, -0.25) is 9.59 Å². The molecule has 3 rings (SSSR count). The number of amides is 1. The summed E-state index contributed by atoms with van der Waals surface area (Å²) in [6.45, 7) is 2.50. The number of carbonyl (C=O) groups excluding carboxylic acids is 1. The molecule has 0 radical (unpaired) electrons. The van der Waals surface area contributed by atoms with Crippen LogP contribution in [0.15, 0.2) is 29.1 Å². The van der Waals surface area contributed by atoms with E-state index in [2.05, 4.69) is 15.6 Å². The van der Waals surface area contributed by atoms with E-state index in [0.29, 0.717) is 10.9 Å². The van der Waals surface area contributed by atoms with E-state index in [4.69, 9.17) is 4.74 Å². The van der Waals surface area contributed by atoms with E-state index in [1.165, 1.54) is 0 Å². The first-order valence-electron chi connectivity index (χ1n) is 7.38. The summed E-state index contributed by atoms with van der Waals surface area (Å²) >= 11 is 0. The first-order valence-corrected chi connectivity index (χ1v) is 7.38. The molecular weight excluding hydrogens is 284 g/mol. The van der Waals surface area contributed by atoms with Crippen LogP contribution in [-0.2, 0) is 16.1 Å². The van der Waals surface area contributed by atoms with Gasteiger partial charge in [0.1, 0.15) is 12.1 Å². The number of hydrogen-bond donors (Lipinski definition) is 1. The van der Waals surface area contributed by atoms with E-state index >= 15 is 0 Å². The van der Waals surface area contributed by atoms with Gasteiger partial charge in [-0.25, -0.2) is 4.68 Å². The second kappa shape index (κ2) is 6.23. The highest BCUT2D eigenvalue weighted by molar-refractivity contribution is 5.78. The minimum Gasteiger partial charge on any atom is -0.376 e. The maximum atomic E-state index is 12.3. The minimum atomic E-state index is -0.314. The van der Waals surface area contributed by atoms with Crippen LogP contribution in [-0.4, -0.2) is 39.7 Å². The van der Waals surface area contributed by atoms with E-state index in [9.17, 15) is 9.59 Å². The second-order valence-electron chi connectivity index (χ2n) is 5.48. The van der Waals surface area contributed by atoms with Gasteiger partial charge in [-0.1, -0.05) is 17.3 Å². The molecule has 0 aliphatic carbocycles. The molecule has 1 aromatic heterocycles. The Bertz CT molecular complexity index is 737. The number of ether oxygens (including phenoxy) is 1. The van der Waals surface area contributed by atoms with E-state index in [1.807, 2.05) is 6.92 Å². The van der Waals surface area contributed by atoms with Gasteiger partial charge in [-0.2, -0.15) is 0 Å². The Morgan fingerprint density at radius 2 is 2.32 bits per heavy atom. The molecule has 0 spiro atoms. The van der Waals surface area contributed by atoms with Crippen LogP contribution in [0.4, 0.5) is 0 Å². The van der Waals surface area contributed by atoms with Gasteiger partial charge in [0, 0.05) is 6.61 Å². The van der Waals surface area contributed by atoms with Gasteiger partial charge in [-0.05, 0) is 31.9 Å². The van der Waals surface area contributed by atoms with E-state index in [-0.39, 0.29) is 30.2 Å². The summed E-state index contributed by atoms with van der Waals surface area (Å²) in [4.78, 5) is 24.3. The summed E-state index contributed by atoms with van der Waals surface area (Å²) in [7, 11) is 0. The van der Waals surface area contributed by atoms with Crippen molar-refractivity contribution < 1.29 is 9.53 Å². The zero-order chi connectivity index (χ0) is 15.5. The Kier molecular flexibility index (Phi) is 4.15. The molecule has 0 saturated carbocycles. The molecule has 2 atom stereocenters. The molecule has 1 aromatic carbocycles. The molecule has 2 heterocycles. The van der Waals surface area contributed by atoms with Crippen LogP contribution in [0.25, 0.3) is 10.9 Å². The number of aromatic nitrogens is 3. The summed E-state index contributed by atoms with van der Waals surface area (Å²) < 4.78 is 6.62. The number of nitrogens with zero attached hydrogens (tertiary/aromatic N) is 3. The topological polar surface area (TPSA) is 86.1 Å². The lowest BCUT2D eigenvalue weighted by Gasteiger charge is -2.19. The third-order valence-corrected chi connectivity index (χ3v) is 3.83. The molecule has 1 N–H and O–H groups in total. The van der Waals surface area contributed by atoms with Gasteiger partial charge in [0.15, 0.2) is 0 Å². The van der Waals surface area contributed by atoms with Crippen molar-refractivity contribution in [3.05, 3.63) is 34.6 Å². The van der Waals surface area contributed by atoms with Crippen LogP contribution in [0.1, 0.15) is 19.8 Å². The first-order chi connectivity index (χ1) is 10.6. The van der Waals surface area contributed by atoms with Crippen molar-refractivity contribution in [1.29, 1.82) is 0 Å². The predicted octanol–water partition coefficient (Wildman–Crippen LogP) is 0.475. The number of benzene rings is 1. The zero-order valence-electron chi connectivity index (χ0n) is 12.4. The van der Waals surface area contributed by atoms with Crippen LogP contribution in [0, 0.1) is 0 Å². The molecule has 1 aliphatic rings. The van der Waals surface area contributed by atoms with Crippen LogP contribution in [0.2, 0.25) is 0 Å². The summed E-state index contributed by atoms with van der Waals surface area (Å²) in [5.41, 5.74) is 0.211. The van der Waals surface area contributed by atoms with Crippen LogP contribution in [0.5, 0.6) is 0 Å². The van der Waals surface area contributed by atoms with E-state index in [1.54, 1.807) is 24.3 Å². The van der Waals surface area contributed by atoms with Crippen molar-refractivity contribution in [3.8, 4) is 0 Å². The molecule has 22 heavy (non-hydrogen) atoms. The van der Waals surface area contributed by atoms with Gasteiger partial charge in [-0.15, -0.1) is 5.10 Å². The third kappa shape index (κ3) is 2.99. The lowest BCUT2D eigenvalue weighted by Crippen LogP contribution is -2.43. The average Bonchev–Trinajstić information content (AvgIpc) is 3.05. The van der Waals surface area contributed by atoms with Crippen LogP contribution < -0.4 is 10.9 Å². The van der Waals surface area contributed by atoms with Crippen molar-refractivity contribution in [2.45, 2.75) is 38.5 Å². The average molecular weight is 302 g/mol. The molecule has 7 heteroatoms. The molecule has 0 bridgehead atoms. The predicted molar refractivity (Wildman–Crippen MR) is 80.4 cm³/mol. The minimum absolute atomic E-state index is 0.0448. The SMILES string of the molecule is C[C@H](NC(=O)Cn1nnc2ccccc2c1=O)[C@H]1CCCO1. The van der Waals surface area contributed by atoms with Crippen molar-refractivity contribution in [3.63, 3.8) is 0 Å². The Labute approximate surface area is 127 Å². The van der Waals surface area contributed by atoms with Gasteiger partial charge < -0.3 is 10.1 Å². The van der Waals surface area contributed by atoms with Gasteiger partial charge in [0.25, 0.3) is 5.56 Å². The fraction of sp³-hybridized carbons (Fsp3) is 0.467. The summed E-state index contributed by atoms with van der Waals surface area (Å²) in [6.07, 6.45) is 2.00. The Morgan fingerprint density at radius 3 is 3.09 bits per heavy atom. The van der Waals surface area contributed by atoms with Gasteiger partial charge >= 0.3 is 0 Å². The van der Waals surface area contributed by atoms with Crippen molar-refractivity contribution in [2.75, 3.05) is 6.61 Å². The van der Waals surface area contributed by atoms with E-state index in [0.717, 1.165) is 24.1 Å². The Morgan fingerprint density at radius 1 is 1.50 bits per heavy atom. The van der Waals surface area contributed by atoms with Gasteiger partial charge in [0.05, 0.1) is 17.5 Å². The fourth-order valence-corrected chi connectivity index (χ4v) is 2.65. The Hall–Kier alpha value is -2.28. The van der Waals surface area contributed by atoms with Crippen molar-refractivity contribution >= 4 is 16.8 Å². The smallest absolute Gasteiger partial charge is 0.278 e. The summed E-state index contributed by atoms with van der Waals surface area (Å²) in [5.74, 6) is -0.269. The molecule has 116 valence electrons. The zero-order valence-corrected chi connectivity index (χ0v) is 12.4. The maximum Gasteiger partial charge on any atom is 0.278 e. The number of hydrogen-bond acceptors (Lipinski definition) is 5. The van der Waals surface area contributed by atoms with Crippen molar-refractivity contribution in [1.82, 2.24) is 20.3 Å². The number of rotatable bonds is 4. The molecule has 2 aromatic rings. The Balaban J connectivity index is 1.71. The van der Waals surface area contributed by atoms with Crippen LogP contribution in [0.3, 0.4) is 0 Å². The van der Waals surface area contributed by atoms with Crippen molar-refractivity contribution in [2.24, 2.45) is 0 Å². The third-order valence-electron chi connectivity index (χ3n) is 3.83. The highest BCUT2D eigenvalue weighted by Gasteiger charge is 2.23. The monoisotopic (exact) mass is 302 g/mol. The van der Waals surface area contributed by atoms with Gasteiger partial charge in [0.2, 0.25) is 5.91 Å². The second-order valence-corrected chi connectivity index (χ2v) is 5.48. The maximum absolute atomic E-state index is 12.3. The summed E-state index contributed by atoms with van der Waals surface area (Å²) in [5, 5.41) is 11.1. The molecule has 1 fully saturated rings. The van der Waals surface area contributed by atoms with E-state index < -0.39 is 0 Å². The highest BCUT2D eigenvalue weighted by Crippen LogP contribution is 2.15. The molecule has 1 saturated heterocycles. The molecular formula is C15H18N4O3. The highest BCUT2D eigenvalue weighted by atomic mass is 16.5. The quantitative estimate of drug-likeness (QED) is 0.887. The first kappa shape index (κ1) is 14.6.